The molecule has 5 nitrogen and oxygen atoms in total. The van der Waals surface area contributed by atoms with Gasteiger partial charge in [0.05, 0.1) is 23.2 Å². The fourth-order valence-electron chi connectivity index (χ4n) is 2.16. The van der Waals surface area contributed by atoms with Crippen molar-refractivity contribution in [1.29, 1.82) is 0 Å². The lowest BCUT2D eigenvalue weighted by molar-refractivity contribution is -0.123. The molecule has 2 amide bonds. The maximum Gasteiger partial charge on any atom is 0.237 e. The first-order valence-corrected chi connectivity index (χ1v) is 5.06. The minimum absolute atomic E-state index is 0.0190. The van der Waals surface area contributed by atoms with Gasteiger partial charge in [-0.2, -0.15) is 0 Å². The van der Waals surface area contributed by atoms with Gasteiger partial charge in [0.15, 0.2) is 0 Å². The van der Waals surface area contributed by atoms with Gasteiger partial charge < -0.3 is 10.8 Å². The molecule has 82 valence electrons. The first kappa shape index (κ1) is 9.21. The molecule has 2 aliphatic rings. The van der Waals surface area contributed by atoms with Crippen molar-refractivity contribution in [2.24, 2.45) is 11.8 Å². The number of phenols is 1. The third-order valence-corrected chi connectivity index (χ3v) is 3.12. The van der Waals surface area contributed by atoms with Crippen LogP contribution in [0.1, 0.15) is 6.42 Å². The van der Waals surface area contributed by atoms with E-state index in [0.717, 1.165) is 4.90 Å². The maximum absolute atomic E-state index is 11.8. The smallest absolute Gasteiger partial charge is 0.237 e. The lowest BCUT2D eigenvalue weighted by atomic mass is 10.2. The van der Waals surface area contributed by atoms with Crippen molar-refractivity contribution in [1.82, 2.24) is 0 Å². The number of nitrogen functional groups attached to an aromatic ring is 1. The average molecular weight is 218 g/mol. The van der Waals surface area contributed by atoms with Gasteiger partial charge >= 0.3 is 0 Å². The molecule has 1 aromatic rings. The van der Waals surface area contributed by atoms with Crippen LogP contribution in [0.5, 0.6) is 5.75 Å². The highest BCUT2D eigenvalue weighted by atomic mass is 16.3. The number of amides is 2. The highest BCUT2D eigenvalue weighted by molar-refractivity contribution is 6.25. The number of rotatable bonds is 1. The zero-order valence-corrected chi connectivity index (χ0v) is 8.38. The summed E-state index contributed by atoms with van der Waals surface area (Å²) in [7, 11) is 0. The average Bonchev–Trinajstić information content (AvgIpc) is 2.96. The molecule has 0 bridgehead atoms. The van der Waals surface area contributed by atoms with E-state index < -0.39 is 0 Å². The molecule has 1 aliphatic carbocycles. The summed E-state index contributed by atoms with van der Waals surface area (Å²) in [5.74, 6) is -0.605. The minimum Gasteiger partial charge on any atom is -0.508 e. The number of nitrogens with zero attached hydrogens (tertiary/aromatic N) is 1. The van der Waals surface area contributed by atoms with Crippen molar-refractivity contribution in [2.45, 2.75) is 6.42 Å². The van der Waals surface area contributed by atoms with Crippen molar-refractivity contribution in [3.63, 3.8) is 0 Å². The summed E-state index contributed by atoms with van der Waals surface area (Å²) in [6.45, 7) is 0. The van der Waals surface area contributed by atoms with Gasteiger partial charge in [0.2, 0.25) is 11.8 Å². The largest absolute Gasteiger partial charge is 0.508 e. The Labute approximate surface area is 91.5 Å². The monoisotopic (exact) mass is 218 g/mol. The quantitative estimate of drug-likeness (QED) is 0.530. The Morgan fingerprint density at radius 3 is 2.44 bits per heavy atom. The van der Waals surface area contributed by atoms with Crippen molar-refractivity contribution >= 4 is 23.2 Å². The topological polar surface area (TPSA) is 83.6 Å². The van der Waals surface area contributed by atoms with Crippen LogP contribution in [0.15, 0.2) is 18.2 Å². The van der Waals surface area contributed by atoms with E-state index >= 15 is 0 Å². The summed E-state index contributed by atoms with van der Waals surface area (Å²) in [6.07, 6.45) is 0.673. The van der Waals surface area contributed by atoms with Gasteiger partial charge in [0.1, 0.15) is 5.75 Å². The van der Waals surface area contributed by atoms with Gasteiger partial charge in [-0.05, 0) is 18.6 Å². The molecule has 3 N–H and O–H groups in total. The number of aromatic hydroxyl groups is 1. The number of nitrogens with two attached hydrogens (primary N) is 1. The Kier molecular flexibility index (Phi) is 1.58. The molecule has 1 aromatic carbocycles. The number of benzene rings is 1. The number of carbonyl (C=O) groups excluding carboxylic acids is 2. The summed E-state index contributed by atoms with van der Waals surface area (Å²) < 4.78 is 0. The molecule has 5 heteroatoms. The summed E-state index contributed by atoms with van der Waals surface area (Å²) in [5.41, 5.74) is 6.29. The Morgan fingerprint density at radius 1 is 1.25 bits per heavy atom. The van der Waals surface area contributed by atoms with Crippen LogP contribution >= 0.6 is 0 Å². The molecule has 1 aliphatic heterocycles. The van der Waals surface area contributed by atoms with Gasteiger partial charge in [0, 0.05) is 6.07 Å². The number of fused-ring (bicyclic) bond motifs is 1. The van der Waals surface area contributed by atoms with Crippen LogP contribution in [0.3, 0.4) is 0 Å². The van der Waals surface area contributed by atoms with E-state index in [1.54, 1.807) is 0 Å². The van der Waals surface area contributed by atoms with Crippen molar-refractivity contribution in [2.75, 3.05) is 10.6 Å². The number of piperidine rings is 1. The molecular formula is C11H10N2O3. The van der Waals surface area contributed by atoms with E-state index in [-0.39, 0.29) is 35.1 Å². The van der Waals surface area contributed by atoms with Gasteiger partial charge in [-0.1, -0.05) is 0 Å². The number of phenolic OH excluding ortho intramolecular Hbond substituents is 1. The number of carbonyl (C=O) groups is 2. The molecule has 2 atom stereocenters. The second kappa shape index (κ2) is 2.75. The maximum atomic E-state index is 11.8. The van der Waals surface area contributed by atoms with Crippen molar-refractivity contribution < 1.29 is 14.7 Å². The molecule has 3 rings (SSSR count). The predicted octanol–water partition coefficient (Wildman–Crippen LogP) is 0.484. The Bertz CT molecular complexity index is 492. The van der Waals surface area contributed by atoms with Gasteiger partial charge in [-0.25, -0.2) is 4.90 Å². The van der Waals surface area contributed by atoms with E-state index in [1.807, 2.05) is 0 Å². The van der Waals surface area contributed by atoms with Crippen molar-refractivity contribution in [3.05, 3.63) is 18.2 Å². The second-order valence-corrected chi connectivity index (χ2v) is 4.20. The van der Waals surface area contributed by atoms with Crippen LogP contribution in [-0.4, -0.2) is 16.9 Å². The second-order valence-electron chi connectivity index (χ2n) is 4.20. The Hall–Kier alpha value is -2.04. The third-order valence-electron chi connectivity index (χ3n) is 3.12. The van der Waals surface area contributed by atoms with Crippen LogP contribution in [-0.2, 0) is 9.59 Å². The summed E-state index contributed by atoms with van der Waals surface area (Å²) in [5, 5.41) is 9.20. The van der Waals surface area contributed by atoms with Crippen LogP contribution in [0.2, 0.25) is 0 Å². The Morgan fingerprint density at radius 2 is 1.88 bits per heavy atom. The van der Waals surface area contributed by atoms with Gasteiger partial charge in [-0.15, -0.1) is 0 Å². The van der Waals surface area contributed by atoms with E-state index in [0.29, 0.717) is 12.1 Å². The van der Waals surface area contributed by atoms with Crippen LogP contribution in [0.25, 0.3) is 0 Å². The standard InChI is InChI=1S/C11H10N2O3/c12-8-3-5(14)1-2-9(8)13-10(15)6-4-7(6)11(13)16/h1-3,6-7,14H,4,12H2. The Balaban J connectivity index is 2.04. The minimum atomic E-state index is -0.174. The normalized spacial score (nSPS) is 27.1. The molecule has 2 unspecified atom stereocenters. The third kappa shape index (κ3) is 1.05. The predicted molar refractivity (Wildman–Crippen MR) is 56.6 cm³/mol. The SMILES string of the molecule is Nc1cc(O)ccc1N1C(=O)C2CC2C1=O. The summed E-state index contributed by atoms with van der Waals surface area (Å²) in [6, 6.07) is 4.24. The zero-order chi connectivity index (χ0) is 11.4. The van der Waals surface area contributed by atoms with Crippen LogP contribution in [0, 0.1) is 11.8 Å². The number of anilines is 2. The van der Waals surface area contributed by atoms with Crippen LogP contribution < -0.4 is 10.6 Å². The molecule has 0 aromatic heterocycles. The molecule has 0 spiro atoms. The number of hydrogen-bond acceptors (Lipinski definition) is 4. The molecule has 1 saturated heterocycles. The van der Waals surface area contributed by atoms with E-state index in [2.05, 4.69) is 0 Å². The first-order valence-electron chi connectivity index (χ1n) is 5.06. The highest BCUT2D eigenvalue weighted by Crippen LogP contribution is 2.49. The summed E-state index contributed by atoms with van der Waals surface area (Å²) >= 11 is 0. The van der Waals surface area contributed by atoms with E-state index in [9.17, 15) is 14.7 Å². The van der Waals surface area contributed by atoms with Gasteiger partial charge in [-0.3, -0.25) is 9.59 Å². The lowest BCUT2D eigenvalue weighted by Gasteiger charge is -2.18. The van der Waals surface area contributed by atoms with E-state index in [1.165, 1.54) is 18.2 Å². The van der Waals surface area contributed by atoms with Crippen molar-refractivity contribution in [3.8, 4) is 5.75 Å². The molecule has 1 saturated carbocycles. The molecule has 16 heavy (non-hydrogen) atoms. The molecule has 2 fully saturated rings. The number of imide groups is 1. The first-order chi connectivity index (χ1) is 7.59. The summed E-state index contributed by atoms with van der Waals surface area (Å²) in [4.78, 5) is 24.7. The van der Waals surface area contributed by atoms with Gasteiger partial charge in [0.25, 0.3) is 0 Å². The van der Waals surface area contributed by atoms with Crippen LogP contribution in [0.4, 0.5) is 11.4 Å². The van der Waals surface area contributed by atoms with E-state index in [4.69, 9.17) is 5.73 Å². The zero-order valence-electron chi connectivity index (χ0n) is 8.38. The fraction of sp³-hybridized carbons (Fsp3) is 0.273. The highest BCUT2D eigenvalue weighted by Gasteiger charge is 2.59. The lowest BCUT2D eigenvalue weighted by Crippen LogP contribution is -2.33. The molecule has 0 radical (unpaired) electrons. The fourth-order valence-corrected chi connectivity index (χ4v) is 2.16. The molecule has 1 heterocycles. The molecular weight excluding hydrogens is 208 g/mol. The number of hydrogen-bond donors (Lipinski definition) is 2.